The van der Waals surface area contributed by atoms with Crippen LogP contribution in [0, 0.1) is 5.92 Å². The molecule has 3 aromatic rings. The van der Waals surface area contributed by atoms with E-state index < -0.39 is 38.9 Å². The van der Waals surface area contributed by atoms with Crippen molar-refractivity contribution in [2.24, 2.45) is 10.9 Å². The Morgan fingerprint density at radius 1 is 1.03 bits per heavy atom. The van der Waals surface area contributed by atoms with Crippen molar-refractivity contribution in [2.75, 3.05) is 0 Å². The van der Waals surface area contributed by atoms with Gasteiger partial charge in [-0.25, -0.2) is 23.1 Å². The molecule has 2 aromatic carbocycles. The molecule has 0 radical (unpaired) electrons. The Balaban J connectivity index is 1.81. The molecule has 0 spiro atoms. The third-order valence-electron chi connectivity index (χ3n) is 6.38. The largest absolute Gasteiger partial charge is 0.478 e. The Labute approximate surface area is 214 Å². The van der Waals surface area contributed by atoms with Gasteiger partial charge in [0.2, 0.25) is 0 Å². The summed E-state index contributed by atoms with van der Waals surface area (Å²) in [6.45, 7) is 5.14. The predicted molar refractivity (Wildman–Crippen MR) is 136 cm³/mol. The van der Waals surface area contributed by atoms with E-state index in [9.17, 15) is 27.9 Å². The van der Waals surface area contributed by atoms with Crippen molar-refractivity contribution in [1.29, 1.82) is 0 Å². The summed E-state index contributed by atoms with van der Waals surface area (Å²) < 4.78 is 25.7. The fourth-order valence-corrected chi connectivity index (χ4v) is 5.27. The average Bonchev–Trinajstić information content (AvgIpc) is 3.16. The van der Waals surface area contributed by atoms with Gasteiger partial charge in [-0.2, -0.15) is 0 Å². The van der Waals surface area contributed by atoms with Gasteiger partial charge in [-0.1, -0.05) is 50.2 Å². The second-order valence-corrected chi connectivity index (χ2v) is 11.2. The van der Waals surface area contributed by atoms with E-state index >= 15 is 0 Å². The number of amides is 2. The van der Waals surface area contributed by atoms with Crippen molar-refractivity contribution in [1.82, 2.24) is 9.88 Å². The second kappa shape index (κ2) is 9.70. The van der Waals surface area contributed by atoms with Crippen LogP contribution >= 0.6 is 0 Å². The molecule has 1 unspecified atom stereocenters. The fourth-order valence-electron chi connectivity index (χ4n) is 3.93. The van der Waals surface area contributed by atoms with Crippen LogP contribution in [0.5, 0.6) is 0 Å². The zero-order chi connectivity index (χ0) is 27.0. The van der Waals surface area contributed by atoms with E-state index in [1.54, 1.807) is 69.3 Å². The Kier molecular flexibility index (Phi) is 6.79. The Bertz CT molecular complexity index is 1520. The maximum Gasteiger partial charge on any atom is 0.338 e. The fraction of sp³-hybridized carbons (Fsp3) is 0.222. The summed E-state index contributed by atoms with van der Waals surface area (Å²) in [7, 11) is -3.77. The van der Waals surface area contributed by atoms with E-state index in [1.807, 2.05) is 0 Å². The van der Waals surface area contributed by atoms with Crippen LogP contribution in [-0.2, 0) is 20.4 Å². The number of carboxylic acids is 1. The number of sulfone groups is 1. The van der Waals surface area contributed by atoms with Gasteiger partial charge in [0.25, 0.3) is 11.8 Å². The van der Waals surface area contributed by atoms with Gasteiger partial charge in [0.05, 0.1) is 16.2 Å². The molecular weight excluding hydrogens is 494 g/mol. The Morgan fingerprint density at radius 2 is 1.62 bits per heavy atom. The predicted octanol–water partition coefficient (Wildman–Crippen LogP) is 3.60. The summed E-state index contributed by atoms with van der Waals surface area (Å²) in [5, 5.41) is 9.98. The number of hydrogen-bond donors (Lipinski definition) is 1. The highest BCUT2D eigenvalue weighted by atomic mass is 32.2. The molecule has 1 aromatic heterocycles. The zero-order valence-corrected chi connectivity index (χ0v) is 21.3. The number of aliphatic imine (C=N–C) groups is 1. The minimum Gasteiger partial charge on any atom is -0.478 e. The first kappa shape index (κ1) is 25.9. The van der Waals surface area contributed by atoms with Gasteiger partial charge in [0.1, 0.15) is 11.2 Å². The monoisotopic (exact) mass is 519 g/mol. The molecule has 190 valence electrons. The molecule has 1 aliphatic heterocycles. The van der Waals surface area contributed by atoms with E-state index in [0.717, 1.165) is 4.90 Å². The van der Waals surface area contributed by atoms with Crippen LogP contribution in [0.15, 0.2) is 82.8 Å². The van der Waals surface area contributed by atoms with Crippen molar-refractivity contribution in [2.45, 2.75) is 37.0 Å². The molecule has 2 heterocycles. The molecule has 0 fully saturated rings. The highest BCUT2D eigenvalue weighted by molar-refractivity contribution is 7.90. The van der Waals surface area contributed by atoms with Gasteiger partial charge in [0, 0.05) is 11.8 Å². The van der Waals surface area contributed by atoms with E-state index in [-0.39, 0.29) is 39.0 Å². The van der Waals surface area contributed by atoms with Gasteiger partial charge in [-0.3, -0.25) is 14.6 Å². The summed E-state index contributed by atoms with van der Waals surface area (Å²) in [5.74, 6) is -3.64. The molecule has 0 aliphatic carbocycles. The number of aromatic carboxylic acids is 1. The second-order valence-electron chi connectivity index (χ2n) is 9.17. The lowest BCUT2D eigenvalue weighted by molar-refractivity contribution is -0.130. The van der Waals surface area contributed by atoms with E-state index in [2.05, 4.69) is 9.98 Å². The molecule has 10 heteroatoms. The maximum absolute atomic E-state index is 13.5. The molecule has 37 heavy (non-hydrogen) atoms. The van der Waals surface area contributed by atoms with Crippen LogP contribution in [0.25, 0.3) is 0 Å². The lowest BCUT2D eigenvalue weighted by Gasteiger charge is -2.25. The molecular formula is C27H25N3O6S. The van der Waals surface area contributed by atoms with Crippen molar-refractivity contribution < 1.29 is 27.9 Å². The first-order chi connectivity index (χ1) is 17.5. The van der Waals surface area contributed by atoms with Gasteiger partial charge in [-0.05, 0) is 48.7 Å². The number of nitrogens with zero attached hydrogens (tertiary/aromatic N) is 3. The van der Waals surface area contributed by atoms with Crippen molar-refractivity contribution in [3.8, 4) is 0 Å². The number of pyridine rings is 1. The molecule has 1 atom stereocenters. The Morgan fingerprint density at radius 3 is 2.19 bits per heavy atom. The number of rotatable bonds is 7. The molecule has 0 bridgehead atoms. The topological polar surface area (TPSA) is 134 Å². The molecule has 0 saturated heterocycles. The van der Waals surface area contributed by atoms with Crippen molar-refractivity contribution in [3.63, 3.8) is 0 Å². The number of amidine groups is 1. The lowest BCUT2D eigenvalue weighted by Crippen LogP contribution is -2.47. The highest BCUT2D eigenvalue weighted by Crippen LogP contribution is 2.33. The Hall–Kier alpha value is -4.18. The quantitative estimate of drug-likeness (QED) is 0.471. The molecule has 1 N–H and O–H groups in total. The van der Waals surface area contributed by atoms with Crippen molar-refractivity contribution in [3.05, 3.63) is 95.3 Å². The summed E-state index contributed by atoms with van der Waals surface area (Å²) >= 11 is 0. The van der Waals surface area contributed by atoms with Gasteiger partial charge >= 0.3 is 5.97 Å². The maximum atomic E-state index is 13.5. The minimum atomic E-state index is -3.77. The first-order valence-corrected chi connectivity index (χ1v) is 13.1. The number of benzene rings is 2. The zero-order valence-electron chi connectivity index (χ0n) is 20.5. The third-order valence-corrected chi connectivity index (χ3v) is 8.08. The highest BCUT2D eigenvalue weighted by Gasteiger charge is 2.50. The number of aromatic nitrogens is 1. The lowest BCUT2D eigenvalue weighted by atomic mass is 9.88. The van der Waals surface area contributed by atoms with Gasteiger partial charge < -0.3 is 5.11 Å². The van der Waals surface area contributed by atoms with Crippen molar-refractivity contribution >= 4 is 33.5 Å². The summed E-state index contributed by atoms with van der Waals surface area (Å²) in [5.41, 5.74) is -1.53. The molecule has 9 nitrogen and oxygen atoms in total. The van der Waals surface area contributed by atoms with Crippen LogP contribution in [-0.4, -0.2) is 52.6 Å². The number of imide groups is 1. The van der Waals surface area contributed by atoms with Crippen LogP contribution < -0.4 is 0 Å². The molecule has 0 saturated carbocycles. The summed E-state index contributed by atoms with van der Waals surface area (Å²) in [6, 6.07) is 17.1. The van der Waals surface area contributed by atoms with Gasteiger partial charge in [0.15, 0.2) is 15.7 Å². The average molecular weight is 520 g/mol. The van der Waals surface area contributed by atoms with E-state index in [1.165, 1.54) is 24.4 Å². The third kappa shape index (κ3) is 4.79. The number of carboxylic acid groups (broad SMARTS) is 1. The smallest absolute Gasteiger partial charge is 0.338 e. The molecule has 2 amide bonds. The molecule has 1 aliphatic rings. The van der Waals surface area contributed by atoms with E-state index in [4.69, 9.17) is 0 Å². The van der Waals surface area contributed by atoms with Crippen LogP contribution in [0.3, 0.4) is 0 Å². The SMILES string of the molecule is CC(C)C1(C)N=C(c2ncc(CS(=O)(=O)c3ccccc3)cc2C(=O)O)N(C(=O)c2ccccc2)C1=O. The molecule has 4 rings (SSSR count). The van der Waals surface area contributed by atoms with Crippen LogP contribution in [0.2, 0.25) is 0 Å². The van der Waals surface area contributed by atoms with Gasteiger partial charge in [-0.15, -0.1) is 0 Å². The standard InChI is InChI=1S/C27H25N3O6S/c1-17(2)27(3)26(34)30(24(31)19-10-6-4-7-11-19)23(29-27)22-21(25(32)33)14-18(15-28-22)16-37(35,36)20-12-8-5-9-13-20/h4-15,17H,16H2,1-3H3,(H,32,33). The summed E-state index contributed by atoms with van der Waals surface area (Å²) in [6.07, 6.45) is 1.23. The van der Waals surface area contributed by atoms with E-state index in [0.29, 0.717) is 0 Å². The normalized spacial score (nSPS) is 17.7. The van der Waals surface area contributed by atoms with Crippen LogP contribution in [0.4, 0.5) is 0 Å². The number of carbonyl (C=O) groups is 3. The number of hydrogen-bond acceptors (Lipinski definition) is 7. The van der Waals surface area contributed by atoms with Crippen LogP contribution in [0.1, 0.15) is 52.7 Å². The number of carbonyl (C=O) groups excluding carboxylic acids is 2. The first-order valence-electron chi connectivity index (χ1n) is 11.5. The summed E-state index contributed by atoms with van der Waals surface area (Å²) in [4.78, 5) is 48.9. The minimum absolute atomic E-state index is 0.0917.